The Kier molecular flexibility index (Phi) is 8.76. The average Bonchev–Trinajstić information content (AvgIpc) is 3.03. The second-order valence-corrected chi connectivity index (χ2v) is 9.67. The molecule has 7 nitrogen and oxygen atoms in total. The second-order valence-electron chi connectivity index (χ2n) is 9.67. The Bertz CT molecular complexity index is 1630. The third kappa shape index (κ3) is 6.65. The molecule has 0 aliphatic heterocycles. The number of nitrogens with zero attached hydrogens (tertiary/aromatic N) is 3. The van der Waals surface area contributed by atoms with Crippen molar-refractivity contribution in [3.63, 3.8) is 0 Å². The van der Waals surface area contributed by atoms with Crippen molar-refractivity contribution in [2.75, 3.05) is 31.5 Å². The molecule has 206 valence electrons. The molecular formula is C34H33N5O2. The maximum atomic E-state index is 13.1. The van der Waals surface area contributed by atoms with E-state index in [2.05, 4.69) is 29.4 Å². The second kappa shape index (κ2) is 13.0. The van der Waals surface area contributed by atoms with Crippen LogP contribution in [0.4, 0.5) is 5.69 Å². The molecule has 2 amide bonds. The summed E-state index contributed by atoms with van der Waals surface area (Å²) in [5.74, 6) is -0.397. The van der Waals surface area contributed by atoms with E-state index >= 15 is 0 Å². The molecule has 0 saturated heterocycles. The molecule has 0 aliphatic rings. The van der Waals surface area contributed by atoms with Crippen molar-refractivity contribution in [1.29, 1.82) is 0 Å². The standard InChI is InChI=1S/C34H33N5O2/c1-3-39(4-2)22-21-35-33(40)26-15-18-28(19-16-26)36-34(41)27-17-20-29-30(23-27)38-32(25-13-9-6-10-14-25)31(37-29)24-11-7-5-8-12-24/h5-20,23H,3-4,21-22H2,1-2H3,(H,35,40)(H,36,41). The number of hydrogen-bond donors (Lipinski definition) is 2. The molecule has 0 unspecified atom stereocenters. The molecule has 0 spiro atoms. The Morgan fingerprint density at radius 3 is 1.80 bits per heavy atom. The highest BCUT2D eigenvalue weighted by Crippen LogP contribution is 2.31. The molecule has 5 rings (SSSR count). The van der Waals surface area contributed by atoms with Crippen LogP contribution < -0.4 is 10.6 Å². The van der Waals surface area contributed by atoms with Crippen LogP contribution in [0.5, 0.6) is 0 Å². The molecule has 0 atom stereocenters. The fourth-order valence-corrected chi connectivity index (χ4v) is 4.67. The Morgan fingerprint density at radius 1 is 0.659 bits per heavy atom. The third-order valence-corrected chi connectivity index (χ3v) is 7.03. The average molecular weight is 544 g/mol. The molecule has 4 aromatic carbocycles. The lowest BCUT2D eigenvalue weighted by atomic mass is 10.0. The van der Waals surface area contributed by atoms with Crippen LogP contribution in [0.1, 0.15) is 34.6 Å². The number of fused-ring (bicyclic) bond motifs is 1. The summed E-state index contributed by atoms with van der Waals surface area (Å²) < 4.78 is 0. The predicted octanol–water partition coefficient (Wildman–Crippen LogP) is 6.29. The van der Waals surface area contributed by atoms with Crippen LogP contribution in [0.3, 0.4) is 0 Å². The van der Waals surface area contributed by atoms with Crippen LogP contribution in [0, 0.1) is 0 Å². The van der Waals surface area contributed by atoms with Crippen molar-refractivity contribution >= 4 is 28.5 Å². The van der Waals surface area contributed by atoms with Crippen LogP contribution >= 0.6 is 0 Å². The molecule has 0 bridgehead atoms. The first-order valence-electron chi connectivity index (χ1n) is 13.9. The number of aromatic nitrogens is 2. The number of nitrogens with one attached hydrogen (secondary N) is 2. The van der Waals surface area contributed by atoms with Gasteiger partial charge in [0.1, 0.15) is 0 Å². The largest absolute Gasteiger partial charge is 0.351 e. The molecule has 0 aliphatic carbocycles. The minimum atomic E-state index is -0.265. The summed E-state index contributed by atoms with van der Waals surface area (Å²) in [7, 11) is 0. The Hall–Kier alpha value is -4.88. The lowest BCUT2D eigenvalue weighted by Crippen LogP contribution is -2.34. The minimum Gasteiger partial charge on any atom is -0.351 e. The molecule has 0 fully saturated rings. The van der Waals surface area contributed by atoms with Crippen LogP contribution in [-0.2, 0) is 0 Å². The van der Waals surface area contributed by atoms with Gasteiger partial charge in [-0.25, -0.2) is 9.97 Å². The number of anilines is 1. The summed E-state index contributed by atoms with van der Waals surface area (Å²) in [6.45, 7) is 7.51. The number of likely N-dealkylation sites (N-methyl/N-ethyl adjacent to an activating group) is 1. The number of carbonyl (C=O) groups is 2. The normalized spacial score (nSPS) is 11.0. The van der Waals surface area contributed by atoms with E-state index in [1.54, 1.807) is 36.4 Å². The molecule has 41 heavy (non-hydrogen) atoms. The van der Waals surface area contributed by atoms with Gasteiger partial charge in [-0.1, -0.05) is 74.5 Å². The summed E-state index contributed by atoms with van der Waals surface area (Å²) in [6, 6.07) is 32.1. The molecule has 1 heterocycles. The minimum absolute atomic E-state index is 0.132. The zero-order chi connectivity index (χ0) is 28.6. The maximum absolute atomic E-state index is 13.1. The Balaban J connectivity index is 1.33. The summed E-state index contributed by atoms with van der Waals surface area (Å²) >= 11 is 0. The van der Waals surface area contributed by atoms with Crippen molar-refractivity contribution in [2.24, 2.45) is 0 Å². The van der Waals surface area contributed by atoms with E-state index in [1.807, 2.05) is 66.7 Å². The van der Waals surface area contributed by atoms with Gasteiger partial charge < -0.3 is 15.5 Å². The van der Waals surface area contributed by atoms with Crippen molar-refractivity contribution < 1.29 is 9.59 Å². The lowest BCUT2D eigenvalue weighted by Gasteiger charge is -2.18. The van der Waals surface area contributed by atoms with E-state index in [0.29, 0.717) is 34.4 Å². The van der Waals surface area contributed by atoms with Gasteiger partial charge in [-0.2, -0.15) is 0 Å². The summed E-state index contributed by atoms with van der Waals surface area (Å²) in [4.78, 5) is 37.8. The fourth-order valence-electron chi connectivity index (χ4n) is 4.67. The van der Waals surface area contributed by atoms with Gasteiger partial charge in [-0.3, -0.25) is 9.59 Å². The fraction of sp³-hybridized carbons (Fsp3) is 0.176. The number of carbonyl (C=O) groups excluding carboxylic acids is 2. The predicted molar refractivity (Wildman–Crippen MR) is 165 cm³/mol. The van der Waals surface area contributed by atoms with E-state index in [9.17, 15) is 9.59 Å². The van der Waals surface area contributed by atoms with Crippen molar-refractivity contribution in [2.45, 2.75) is 13.8 Å². The van der Waals surface area contributed by atoms with E-state index in [0.717, 1.165) is 42.1 Å². The SMILES string of the molecule is CCN(CC)CCNC(=O)c1ccc(NC(=O)c2ccc3nc(-c4ccccc4)c(-c4ccccc4)nc3c2)cc1. The van der Waals surface area contributed by atoms with E-state index in [4.69, 9.17) is 9.97 Å². The topological polar surface area (TPSA) is 87.2 Å². The van der Waals surface area contributed by atoms with Crippen LogP contribution in [0.15, 0.2) is 103 Å². The molecule has 5 aromatic rings. The van der Waals surface area contributed by atoms with Crippen molar-refractivity contribution in [3.8, 4) is 22.5 Å². The molecule has 0 radical (unpaired) electrons. The van der Waals surface area contributed by atoms with Gasteiger partial charge in [0, 0.05) is 41.0 Å². The van der Waals surface area contributed by atoms with Gasteiger partial charge in [0.2, 0.25) is 0 Å². The van der Waals surface area contributed by atoms with Gasteiger partial charge >= 0.3 is 0 Å². The highest BCUT2D eigenvalue weighted by Gasteiger charge is 2.15. The molecule has 7 heteroatoms. The zero-order valence-electron chi connectivity index (χ0n) is 23.3. The van der Waals surface area contributed by atoms with E-state index in [-0.39, 0.29) is 11.8 Å². The van der Waals surface area contributed by atoms with Crippen LogP contribution in [0.2, 0.25) is 0 Å². The quantitative estimate of drug-likeness (QED) is 0.216. The summed E-state index contributed by atoms with van der Waals surface area (Å²) in [5, 5.41) is 5.87. The Labute approximate surface area is 240 Å². The van der Waals surface area contributed by atoms with Crippen LogP contribution in [0.25, 0.3) is 33.5 Å². The Morgan fingerprint density at radius 2 is 1.22 bits per heavy atom. The molecular weight excluding hydrogens is 510 g/mol. The number of hydrogen-bond acceptors (Lipinski definition) is 5. The summed E-state index contributed by atoms with van der Waals surface area (Å²) in [5.41, 5.74) is 6.43. The lowest BCUT2D eigenvalue weighted by molar-refractivity contribution is 0.0948. The highest BCUT2D eigenvalue weighted by atomic mass is 16.2. The number of amides is 2. The van der Waals surface area contributed by atoms with Crippen LogP contribution in [-0.4, -0.2) is 52.9 Å². The van der Waals surface area contributed by atoms with Gasteiger partial charge in [-0.15, -0.1) is 0 Å². The monoisotopic (exact) mass is 543 g/mol. The third-order valence-electron chi connectivity index (χ3n) is 7.03. The van der Waals surface area contributed by atoms with E-state index in [1.165, 1.54) is 0 Å². The first-order chi connectivity index (χ1) is 20.1. The van der Waals surface area contributed by atoms with Crippen molar-refractivity contribution in [1.82, 2.24) is 20.2 Å². The molecule has 0 saturated carbocycles. The van der Waals surface area contributed by atoms with E-state index < -0.39 is 0 Å². The van der Waals surface area contributed by atoms with Crippen molar-refractivity contribution in [3.05, 3.63) is 114 Å². The number of rotatable bonds is 10. The highest BCUT2D eigenvalue weighted by molar-refractivity contribution is 6.06. The first kappa shape index (κ1) is 27.7. The first-order valence-corrected chi connectivity index (χ1v) is 13.9. The maximum Gasteiger partial charge on any atom is 0.255 e. The molecule has 2 N–H and O–H groups in total. The van der Waals surface area contributed by atoms with Gasteiger partial charge in [-0.05, 0) is 55.6 Å². The molecule has 1 aromatic heterocycles. The smallest absolute Gasteiger partial charge is 0.255 e. The van der Waals surface area contributed by atoms with Gasteiger partial charge in [0.15, 0.2) is 0 Å². The summed E-state index contributed by atoms with van der Waals surface area (Å²) in [6.07, 6.45) is 0. The number of benzene rings is 4. The van der Waals surface area contributed by atoms with Gasteiger partial charge in [0.05, 0.1) is 22.4 Å². The zero-order valence-corrected chi connectivity index (χ0v) is 23.3. The van der Waals surface area contributed by atoms with Gasteiger partial charge in [0.25, 0.3) is 11.8 Å².